The number of nitrogens with two attached hydrogens (primary N) is 2. The van der Waals surface area contributed by atoms with Gasteiger partial charge in [0.05, 0.1) is 11.1 Å². The topological polar surface area (TPSA) is 96.0 Å². The van der Waals surface area contributed by atoms with Gasteiger partial charge in [0.1, 0.15) is 5.65 Å². The van der Waals surface area contributed by atoms with Gasteiger partial charge in [-0.2, -0.15) is 0 Å². The van der Waals surface area contributed by atoms with E-state index in [4.69, 9.17) is 11.5 Å². The molecule has 1 unspecified atom stereocenters. The molecule has 1 spiro atoms. The van der Waals surface area contributed by atoms with Gasteiger partial charge in [0.25, 0.3) is 0 Å². The number of fused-ring (bicyclic) bond motifs is 1. The van der Waals surface area contributed by atoms with Crippen molar-refractivity contribution >= 4 is 22.4 Å². The van der Waals surface area contributed by atoms with Crippen LogP contribution >= 0.6 is 0 Å². The Morgan fingerprint density at radius 3 is 2.85 bits per heavy atom. The summed E-state index contributed by atoms with van der Waals surface area (Å²) in [6.45, 7) is 7.71. The molecule has 148 valence electrons. The molecule has 2 aromatic rings. The molecule has 1 atom stereocenters. The maximum absolute atomic E-state index is 6.25. The highest BCUT2D eigenvalue weighted by Crippen LogP contribution is 2.36. The van der Waals surface area contributed by atoms with Gasteiger partial charge in [-0.15, -0.1) is 0 Å². The second kappa shape index (κ2) is 8.76. The van der Waals surface area contributed by atoms with Crippen LogP contribution in [0.3, 0.4) is 0 Å². The van der Waals surface area contributed by atoms with Gasteiger partial charge in [-0.25, -0.2) is 4.98 Å². The summed E-state index contributed by atoms with van der Waals surface area (Å²) >= 11 is 0. The fourth-order valence-corrected chi connectivity index (χ4v) is 4.48. The van der Waals surface area contributed by atoms with Crippen LogP contribution in [0.2, 0.25) is 0 Å². The molecule has 6 heteroatoms. The smallest absolute Gasteiger partial charge is 0.140 e. The third-order valence-corrected chi connectivity index (χ3v) is 5.70. The summed E-state index contributed by atoms with van der Waals surface area (Å²) in [5.41, 5.74) is 16.0. The number of rotatable bonds is 3. The summed E-state index contributed by atoms with van der Waals surface area (Å²) in [5.74, 6) is 0. The Bertz CT molecular complexity index is 767. The highest BCUT2D eigenvalue weighted by Gasteiger charge is 2.36. The first-order valence-electron chi connectivity index (χ1n) is 10.3. The summed E-state index contributed by atoms with van der Waals surface area (Å²) in [4.78, 5) is 10.3. The van der Waals surface area contributed by atoms with Crippen molar-refractivity contribution < 1.29 is 0 Å². The molecule has 2 aliphatic heterocycles. The lowest BCUT2D eigenvalue weighted by molar-refractivity contribution is 0.216. The Balaban J connectivity index is 0.00000102. The number of anilines is 1. The highest BCUT2D eigenvalue weighted by atomic mass is 15.2. The number of nitrogens with one attached hydrogen (secondary N) is 2. The van der Waals surface area contributed by atoms with Gasteiger partial charge in [-0.05, 0) is 44.4 Å². The Kier molecular flexibility index (Phi) is 6.39. The molecule has 2 fully saturated rings. The molecule has 6 N–H and O–H groups in total. The number of aromatic nitrogens is 2. The normalized spacial score (nSPS) is 23.4. The van der Waals surface area contributed by atoms with Gasteiger partial charge in [-0.3, -0.25) is 0 Å². The number of piperidine rings is 2. The van der Waals surface area contributed by atoms with Crippen LogP contribution in [0.5, 0.6) is 0 Å². The van der Waals surface area contributed by atoms with E-state index in [9.17, 15) is 0 Å². The minimum Gasteiger partial charge on any atom is -0.398 e. The molecular formula is C21H34N6. The molecule has 0 radical (unpaired) electrons. The summed E-state index contributed by atoms with van der Waals surface area (Å²) < 4.78 is 0. The number of H-pyrrole nitrogens is 1. The van der Waals surface area contributed by atoms with Gasteiger partial charge in [-0.1, -0.05) is 20.3 Å². The van der Waals surface area contributed by atoms with E-state index < -0.39 is 0 Å². The van der Waals surface area contributed by atoms with Crippen molar-refractivity contribution in [3.05, 3.63) is 30.1 Å². The van der Waals surface area contributed by atoms with Gasteiger partial charge in [0.15, 0.2) is 0 Å². The number of nitrogens with zero attached hydrogens (tertiary/aromatic N) is 2. The zero-order valence-electron chi connectivity index (χ0n) is 16.7. The number of hydrogen-bond acceptors (Lipinski definition) is 5. The first-order valence-corrected chi connectivity index (χ1v) is 10.3. The fraction of sp³-hybridized carbons (Fsp3) is 0.571. The lowest BCUT2D eigenvalue weighted by Gasteiger charge is -2.47. The van der Waals surface area contributed by atoms with Crippen LogP contribution in [0.15, 0.2) is 24.5 Å². The number of hydrogen-bond donors (Lipinski definition) is 4. The monoisotopic (exact) mass is 370 g/mol. The Morgan fingerprint density at radius 1 is 1.30 bits per heavy atom. The molecule has 27 heavy (non-hydrogen) atoms. The van der Waals surface area contributed by atoms with Crippen LogP contribution in [-0.2, 0) is 0 Å². The maximum Gasteiger partial charge on any atom is 0.140 e. The third kappa shape index (κ3) is 3.96. The van der Waals surface area contributed by atoms with Crippen molar-refractivity contribution in [2.75, 3.05) is 31.1 Å². The second-order valence-electron chi connectivity index (χ2n) is 7.34. The molecule has 0 aromatic carbocycles. The van der Waals surface area contributed by atoms with Crippen molar-refractivity contribution in [1.82, 2.24) is 15.3 Å². The van der Waals surface area contributed by atoms with Gasteiger partial charge >= 0.3 is 0 Å². The molecule has 0 saturated carbocycles. The largest absolute Gasteiger partial charge is 0.398 e. The van der Waals surface area contributed by atoms with E-state index >= 15 is 0 Å². The van der Waals surface area contributed by atoms with Crippen molar-refractivity contribution in [3.63, 3.8) is 0 Å². The highest BCUT2D eigenvalue weighted by molar-refractivity contribution is 5.99. The van der Waals surface area contributed by atoms with Crippen LogP contribution in [0.25, 0.3) is 16.7 Å². The lowest BCUT2D eigenvalue weighted by Crippen LogP contribution is -2.59. The Morgan fingerprint density at radius 2 is 2.11 bits per heavy atom. The van der Waals surface area contributed by atoms with E-state index in [0.29, 0.717) is 12.2 Å². The molecular weight excluding hydrogens is 336 g/mol. The summed E-state index contributed by atoms with van der Waals surface area (Å²) in [6.07, 6.45) is 12.1. The van der Waals surface area contributed by atoms with Gasteiger partial charge < -0.3 is 26.7 Å². The fourth-order valence-electron chi connectivity index (χ4n) is 4.48. The van der Waals surface area contributed by atoms with E-state index in [2.05, 4.69) is 26.3 Å². The van der Waals surface area contributed by atoms with Crippen molar-refractivity contribution in [3.8, 4) is 0 Å². The quantitative estimate of drug-likeness (QED) is 0.666. The molecule has 0 bridgehead atoms. The average Bonchev–Trinajstić information content (AvgIpc) is 3.15. The molecule has 4 rings (SSSR count). The average molecular weight is 371 g/mol. The van der Waals surface area contributed by atoms with E-state index in [0.717, 1.165) is 36.2 Å². The standard InChI is InChI=1S/C19H28N6.C2H6/c20-8-4-15(21)14-12-23-18-17(14)16(5-10-22-18)25-11-3-7-19(13-25)6-1-2-9-24-19;1-2/h4-5,10,12,24H,1-3,6-9,11,13,20-21H2,(H,22,23);1-2H3/b15-4-;. The molecule has 4 heterocycles. The van der Waals surface area contributed by atoms with E-state index in [-0.39, 0.29) is 5.54 Å². The van der Waals surface area contributed by atoms with Crippen molar-refractivity contribution in [1.29, 1.82) is 0 Å². The second-order valence-corrected chi connectivity index (χ2v) is 7.34. The van der Waals surface area contributed by atoms with E-state index in [1.165, 1.54) is 37.8 Å². The molecule has 2 saturated heterocycles. The van der Waals surface area contributed by atoms with Crippen LogP contribution in [0.4, 0.5) is 5.69 Å². The van der Waals surface area contributed by atoms with Crippen molar-refractivity contribution in [2.45, 2.75) is 51.5 Å². The van der Waals surface area contributed by atoms with Gasteiger partial charge in [0, 0.05) is 48.8 Å². The zero-order chi connectivity index (χ0) is 19.3. The minimum absolute atomic E-state index is 0.265. The SMILES string of the molecule is CC.NC/C=C(\N)c1c[nH]c2nccc(N3CCCC4(CCCCN4)C3)c12. The first kappa shape index (κ1) is 19.7. The summed E-state index contributed by atoms with van der Waals surface area (Å²) in [6, 6.07) is 2.12. The minimum atomic E-state index is 0.265. The van der Waals surface area contributed by atoms with E-state index in [1.54, 1.807) is 0 Å². The van der Waals surface area contributed by atoms with E-state index in [1.807, 2.05) is 32.3 Å². The van der Waals surface area contributed by atoms with Crippen LogP contribution < -0.4 is 21.7 Å². The Hall–Kier alpha value is -2.05. The van der Waals surface area contributed by atoms with Crippen molar-refractivity contribution in [2.24, 2.45) is 11.5 Å². The van der Waals surface area contributed by atoms with Crippen LogP contribution in [0, 0.1) is 0 Å². The third-order valence-electron chi connectivity index (χ3n) is 5.70. The summed E-state index contributed by atoms with van der Waals surface area (Å²) in [7, 11) is 0. The molecule has 6 nitrogen and oxygen atoms in total. The summed E-state index contributed by atoms with van der Waals surface area (Å²) in [5, 5.41) is 4.92. The maximum atomic E-state index is 6.25. The van der Waals surface area contributed by atoms with Gasteiger partial charge in [0.2, 0.25) is 0 Å². The Labute approximate surface area is 162 Å². The van der Waals surface area contributed by atoms with Crippen LogP contribution in [0.1, 0.15) is 51.5 Å². The predicted octanol–water partition coefficient (Wildman–Crippen LogP) is 2.96. The predicted molar refractivity (Wildman–Crippen MR) is 115 cm³/mol. The lowest BCUT2D eigenvalue weighted by atomic mass is 9.81. The molecule has 2 aliphatic rings. The zero-order valence-corrected chi connectivity index (χ0v) is 16.7. The molecule has 0 aliphatic carbocycles. The van der Waals surface area contributed by atoms with Crippen LogP contribution in [-0.4, -0.2) is 41.7 Å². The first-order chi connectivity index (χ1) is 13.2. The molecule has 0 amide bonds. The number of aromatic amines is 1. The molecule has 2 aromatic heterocycles. The number of pyridine rings is 1.